The van der Waals surface area contributed by atoms with Gasteiger partial charge in [0.15, 0.2) is 14.9 Å². The molecule has 2 heterocycles. The molecule has 2 aliphatic rings. The minimum absolute atomic E-state index is 0.130. The molecule has 3 rings (SSSR count). The van der Waals surface area contributed by atoms with Crippen molar-refractivity contribution >= 4 is 21.7 Å². The lowest BCUT2D eigenvalue weighted by Crippen LogP contribution is -2.74. The second-order valence-electron chi connectivity index (χ2n) is 5.79. The fourth-order valence-corrected chi connectivity index (χ4v) is 3.92. The first kappa shape index (κ1) is 16.3. The third-order valence-electron chi connectivity index (χ3n) is 4.00. The average Bonchev–Trinajstić information content (AvgIpc) is 2.52. The summed E-state index contributed by atoms with van der Waals surface area (Å²) in [6, 6.07) is 7.73. The number of carbonyl (C=O) groups excluding carboxylic acids is 2. The van der Waals surface area contributed by atoms with Gasteiger partial charge in [0.25, 0.3) is 5.91 Å². The van der Waals surface area contributed by atoms with Crippen LogP contribution >= 0.6 is 0 Å². The Morgan fingerprint density at radius 3 is 2.67 bits per heavy atom. The van der Waals surface area contributed by atoms with Gasteiger partial charge in [-0.3, -0.25) is 14.5 Å². The van der Waals surface area contributed by atoms with E-state index in [1.165, 1.54) is 0 Å². The normalized spacial score (nSPS) is 23.2. The van der Waals surface area contributed by atoms with Crippen molar-refractivity contribution in [3.8, 4) is 0 Å². The number of carbonyl (C=O) groups is 2. The van der Waals surface area contributed by atoms with Gasteiger partial charge in [0, 0.05) is 12.8 Å². The van der Waals surface area contributed by atoms with Crippen LogP contribution in [0.2, 0.25) is 0 Å². The van der Waals surface area contributed by atoms with Crippen molar-refractivity contribution in [3.05, 3.63) is 46.8 Å². The van der Waals surface area contributed by atoms with E-state index in [0.717, 1.165) is 16.7 Å². The fourth-order valence-electron chi connectivity index (χ4n) is 2.91. The standard InChI is InChI=1S/C15H17N3O5S/c1-24(22,23)15-13(20)16-8-10-12(14(21)18(10)15)17-11(19)7-9-5-3-2-4-6-9/h2-6,10,12,16,20H,7-8H2,1H3,(H,17,19). The van der Waals surface area contributed by atoms with Crippen LogP contribution in [0.1, 0.15) is 5.56 Å². The topological polar surface area (TPSA) is 116 Å². The highest BCUT2D eigenvalue weighted by atomic mass is 32.2. The third-order valence-corrected chi connectivity index (χ3v) is 5.09. The van der Waals surface area contributed by atoms with Crippen LogP contribution in [0.25, 0.3) is 0 Å². The molecule has 0 bridgehead atoms. The summed E-state index contributed by atoms with van der Waals surface area (Å²) in [6.45, 7) is 0.160. The number of rotatable bonds is 4. The Morgan fingerprint density at radius 2 is 2.04 bits per heavy atom. The largest absolute Gasteiger partial charge is 0.493 e. The molecular weight excluding hydrogens is 334 g/mol. The lowest BCUT2D eigenvalue weighted by molar-refractivity contribution is -0.150. The Morgan fingerprint density at radius 1 is 1.38 bits per heavy atom. The molecule has 2 amide bonds. The number of sulfone groups is 1. The van der Waals surface area contributed by atoms with Crippen molar-refractivity contribution in [1.29, 1.82) is 0 Å². The van der Waals surface area contributed by atoms with E-state index >= 15 is 0 Å². The molecule has 0 spiro atoms. The average molecular weight is 351 g/mol. The van der Waals surface area contributed by atoms with Gasteiger partial charge in [-0.2, -0.15) is 0 Å². The first-order valence-electron chi connectivity index (χ1n) is 7.32. The van der Waals surface area contributed by atoms with E-state index in [1.54, 1.807) is 12.1 Å². The number of fused-ring (bicyclic) bond motifs is 1. The first-order chi connectivity index (χ1) is 11.3. The third kappa shape index (κ3) is 2.82. The predicted molar refractivity (Wildman–Crippen MR) is 85.2 cm³/mol. The van der Waals surface area contributed by atoms with Gasteiger partial charge in [0.05, 0.1) is 12.5 Å². The fraction of sp³-hybridized carbons (Fsp3) is 0.333. The summed E-state index contributed by atoms with van der Waals surface area (Å²) in [5, 5.41) is 14.5. The highest BCUT2D eigenvalue weighted by molar-refractivity contribution is 7.94. The number of amides is 2. The molecule has 1 aromatic carbocycles. The lowest BCUT2D eigenvalue weighted by atomic mass is 9.93. The van der Waals surface area contributed by atoms with Crippen LogP contribution < -0.4 is 10.6 Å². The van der Waals surface area contributed by atoms with Crippen molar-refractivity contribution in [2.75, 3.05) is 12.8 Å². The summed E-state index contributed by atoms with van der Waals surface area (Å²) in [7, 11) is -3.78. The molecule has 24 heavy (non-hydrogen) atoms. The highest BCUT2D eigenvalue weighted by Gasteiger charge is 2.54. The van der Waals surface area contributed by atoms with Crippen LogP contribution in [0.3, 0.4) is 0 Å². The van der Waals surface area contributed by atoms with Gasteiger partial charge in [-0.25, -0.2) is 8.42 Å². The van der Waals surface area contributed by atoms with Crippen LogP contribution in [0.15, 0.2) is 41.2 Å². The lowest BCUT2D eigenvalue weighted by Gasteiger charge is -2.49. The van der Waals surface area contributed by atoms with Crippen molar-refractivity contribution in [1.82, 2.24) is 15.5 Å². The SMILES string of the molecule is CS(=O)(=O)C1=C(O)NCC2C(NC(=O)Cc3ccccc3)C(=O)N12. The number of aliphatic hydroxyl groups is 1. The number of hydrogen-bond donors (Lipinski definition) is 3. The molecule has 1 aromatic rings. The molecule has 3 N–H and O–H groups in total. The zero-order valence-electron chi connectivity index (χ0n) is 12.9. The minimum Gasteiger partial charge on any atom is -0.493 e. The van der Waals surface area contributed by atoms with Gasteiger partial charge in [-0.15, -0.1) is 0 Å². The Labute approximate surface area is 139 Å². The van der Waals surface area contributed by atoms with Crippen molar-refractivity contribution in [2.24, 2.45) is 0 Å². The Bertz CT molecular complexity index is 819. The van der Waals surface area contributed by atoms with E-state index in [1.807, 2.05) is 18.2 Å². The minimum atomic E-state index is -3.78. The van der Waals surface area contributed by atoms with Crippen LogP contribution in [0.4, 0.5) is 0 Å². The summed E-state index contributed by atoms with van der Waals surface area (Å²) < 4.78 is 23.5. The molecule has 2 unspecified atom stereocenters. The zero-order chi connectivity index (χ0) is 17.5. The van der Waals surface area contributed by atoms with Crippen molar-refractivity contribution in [3.63, 3.8) is 0 Å². The predicted octanol–water partition coefficient (Wildman–Crippen LogP) is -0.743. The number of nitrogens with one attached hydrogen (secondary N) is 2. The van der Waals surface area contributed by atoms with E-state index in [0.29, 0.717) is 0 Å². The van der Waals surface area contributed by atoms with Crippen molar-refractivity contribution < 1.29 is 23.1 Å². The van der Waals surface area contributed by atoms with E-state index in [-0.39, 0.29) is 18.9 Å². The molecule has 8 nitrogen and oxygen atoms in total. The van der Waals surface area contributed by atoms with E-state index < -0.39 is 38.7 Å². The van der Waals surface area contributed by atoms with Gasteiger partial charge < -0.3 is 15.7 Å². The Kier molecular flexibility index (Phi) is 3.96. The van der Waals surface area contributed by atoms with Crippen LogP contribution in [0.5, 0.6) is 0 Å². The van der Waals surface area contributed by atoms with E-state index in [2.05, 4.69) is 10.6 Å². The highest BCUT2D eigenvalue weighted by Crippen LogP contribution is 2.31. The second kappa shape index (κ2) is 5.82. The summed E-state index contributed by atoms with van der Waals surface area (Å²) in [6.07, 6.45) is 1.04. The van der Waals surface area contributed by atoms with Crippen LogP contribution in [0, 0.1) is 0 Å². The van der Waals surface area contributed by atoms with E-state index in [4.69, 9.17) is 0 Å². The molecule has 2 aliphatic heterocycles. The van der Waals surface area contributed by atoms with Gasteiger partial charge in [0.1, 0.15) is 6.04 Å². The van der Waals surface area contributed by atoms with Crippen molar-refractivity contribution in [2.45, 2.75) is 18.5 Å². The number of nitrogens with zero attached hydrogens (tertiary/aromatic N) is 1. The maximum Gasteiger partial charge on any atom is 0.252 e. The molecule has 1 fully saturated rings. The van der Waals surface area contributed by atoms with Crippen LogP contribution in [-0.4, -0.2) is 55.1 Å². The summed E-state index contributed by atoms with van der Waals surface area (Å²) >= 11 is 0. The molecule has 1 saturated heterocycles. The maximum atomic E-state index is 12.3. The summed E-state index contributed by atoms with van der Waals surface area (Å²) in [5.41, 5.74) is 0.815. The van der Waals surface area contributed by atoms with Gasteiger partial charge in [0.2, 0.25) is 11.8 Å². The Balaban J connectivity index is 1.71. The molecular formula is C15H17N3O5S. The van der Waals surface area contributed by atoms with Gasteiger partial charge in [-0.05, 0) is 5.56 Å². The molecule has 0 saturated carbocycles. The number of hydrogen-bond acceptors (Lipinski definition) is 6. The molecule has 0 aliphatic carbocycles. The smallest absolute Gasteiger partial charge is 0.252 e. The number of aliphatic hydroxyl groups excluding tert-OH is 1. The van der Waals surface area contributed by atoms with Crippen LogP contribution in [-0.2, 0) is 25.8 Å². The monoisotopic (exact) mass is 351 g/mol. The number of β-lactam (4-membered cyclic amide) rings is 1. The number of benzene rings is 1. The Hall–Kier alpha value is -2.55. The van der Waals surface area contributed by atoms with E-state index in [9.17, 15) is 23.1 Å². The van der Waals surface area contributed by atoms with Gasteiger partial charge >= 0.3 is 0 Å². The molecule has 9 heteroatoms. The summed E-state index contributed by atoms with van der Waals surface area (Å²) in [5.74, 6) is -1.41. The zero-order valence-corrected chi connectivity index (χ0v) is 13.7. The molecule has 0 aromatic heterocycles. The van der Waals surface area contributed by atoms with Gasteiger partial charge in [-0.1, -0.05) is 30.3 Å². The molecule has 128 valence electrons. The maximum absolute atomic E-state index is 12.3. The second-order valence-corrected chi connectivity index (χ2v) is 7.72. The molecule has 0 radical (unpaired) electrons. The quantitative estimate of drug-likeness (QED) is 0.615. The first-order valence-corrected chi connectivity index (χ1v) is 9.21. The summed E-state index contributed by atoms with van der Waals surface area (Å²) in [4.78, 5) is 25.4. The molecule has 2 atom stereocenters.